The molecule has 1 N–H and O–H groups in total. The maximum Gasteiger partial charge on any atom is 0.305 e. The molecule has 0 rings (SSSR count). The van der Waals surface area contributed by atoms with Gasteiger partial charge in [-0.15, -0.1) is 0 Å². The van der Waals surface area contributed by atoms with Crippen LogP contribution in [-0.2, 0) is 47.4 Å². The first kappa shape index (κ1) is 39.4. The molecule has 0 saturated carbocycles. The summed E-state index contributed by atoms with van der Waals surface area (Å²) in [7, 11) is 0. The van der Waals surface area contributed by atoms with Gasteiger partial charge in [0.15, 0.2) is 0 Å². The van der Waals surface area contributed by atoms with Crippen LogP contribution in [0, 0.1) is 0 Å². The fraction of sp³-hybridized carbons (Fsp3) is 0.962. The summed E-state index contributed by atoms with van der Waals surface area (Å²) in [6.07, 6.45) is 0.991. The Hall–Kier alpha value is -1.62. The highest BCUT2D eigenvalue weighted by Crippen LogP contribution is 1.93. The standard InChI is InChI=1S/C26H52N4O11/c1-2-8-33-14-20-39-23-17-36-11-5-30(6-12-37-18-24-40-21-15-34-9-3-26(31)32)7-13-38-19-25-41-22-16-35-10-4-28-29-27/h2-25H2,1H3,(H,31,32). The Morgan fingerprint density at radius 2 is 0.927 bits per heavy atom. The number of nitrogens with zero attached hydrogens (tertiary/aromatic N) is 4. The lowest BCUT2D eigenvalue weighted by Gasteiger charge is -2.22. The van der Waals surface area contributed by atoms with E-state index >= 15 is 0 Å². The molecule has 0 heterocycles. The highest BCUT2D eigenvalue weighted by atomic mass is 16.6. The molecule has 15 nitrogen and oxygen atoms in total. The van der Waals surface area contributed by atoms with E-state index in [1.165, 1.54) is 0 Å². The minimum absolute atomic E-state index is 0.0104. The molecule has 0 aliphatic heterocycles. The van der Waals surface area contributed by atoms with Crippen molar-refractivity contribution >= 4 is 5.97 Å². The third-order valence-corrected chi connectivity index (χ3v) is 5.10. The van der Waals surface area contributed by atoms with Gasteiger partial charge in [0.1, 0.15) is 0 Å². The van der Waals surface area contributed by atoms with Crippen LogP contribution in [0.4, 0.5) is 0 Å². The maximum absolute atomic E-state index is 10.4. The first-order valence-corrected chi connectivity index (χ1v) is 14.3. The summed E-state index contributed by atoms with van der Waals surface area (Å²) in [6.45, 7) is 13.3. The first-order chi connectivity index (χ1) is 20.2. The topological polar surface area (TPSA) is 172 Å². The van der Waals surface area contributed by atoms with Gasteiger partial charge in [0.05, 0.1) is 119 Å². The van der Waals surface area contributed by atoms with Gasteiger partial charge >= 0.3 is 5.97 Å². The van der Waals surface area contributed by atoms with Crippen LogP contribution in [0.15, 0.2) is 5.11 Å². The van der Waals surface area contributed by atoms with Crippen molar-refractivity contribution < 1.29 is 52.5 Å². The van der Waals surface area contributed by atoms with Crippen molar-refractivity contribution in [3.05, 3.63) is 10.4 Å². The summed E-state index contributed by atoms with van der Waals surface area (Å²) in [5.74, 6) is -0.878. The predicted octanol–water partition coefficient (Wildman–Crippen LogP) is 1.63. The van der Waals surface area contributed by atoms with Crippen molar-refractivity contribution in [2.45, 2.75) is 19.8 Å². The summed E-state index contributed by atoms with van der Waals surface area (Å²) in [6, 6.07) is 0. The fourth-order valence-corrected chi connectivity index (χ4v) is 3.00. The normalized spacial score (nSPS) is 11.3. The molecule has 0 aromatic rings. The van der Waals surface area contributed by atoms with Crippen molar-refractivity contribution in [1.29, 1.82) is 0 Å². The lowest BCUT2D eigenvalue weighted by molar-refractivity contribution is -0.138. The number of rotatable bonds is 35. The molecule has 0 aromatic carbocycles. The highest BCUT2D eigenvalue weighted by Gasteiger charge is 2.06. The molecule has 0 unspecified atom stereocenters. The fourth-order valence-electron chi connectivity index (χ4n) is 3.00. The number of carboxylic acid groups (broad SMARTS) is 1. The summed E-state index contributed by atoms with van der Waals surface area (Å²) in [4.78, 5) is 15.3. The summed E-state index contributed by atoms with van der Waals surface area (Å²) < 4.78 is 49.3. The van der Waals surface area contributed by atoms with Crippen LogP contribution in [0.5, 0.6) is 0 Å². The van der Waals surface area contributed by atoms with Crippen LogP contribution >= 0.6 is 0 Å². The van der Waals surface area contributed by atoms with Gasteiger partial charge in [-0.05, 0) is 12.0 Å². The van der Waals surface area contributed by atoms with Crippen molar-refractivity contribution in [3.8, 4) is 0 Å². The number of aliphatic carboxylic acids is 1. The van der Waals surface area contributed by atoms with Crippen LogP contribution in [0.3, 0.4) is 0 Å². The maximum atomic E-state index is 10.4. The van der Waals surface area contributed by atoms with E-state index in [1.54, 1.807) is 0 Å². The zero-order chi connectivity index (χ0) is 29.9. The third-order valence-electron chi connectivity index (χ3n) is 5.10. The van der Waals surface area contributed by atoms with Gasteiger partial charge in [-0.1, -0.05) is 12.0 Å². The molecule has 0 amide bonds. The van der Waals surface area contributed by atoms with Gasteiger partial charge in [0.2, 0.25) is 0 Å². The van der Waals surface area contributed by atoms with Gasteiger partial charge in [-0.3, -0.25) is 9.69 Å². The molecule has 0 fully saturated rings. The van der Waals surface area contributed by atoms with Crippen molar-refractivity contribution in [1.82, 2.24) is 4.90 Å². The van der Waals surface area contributed by atoms with Crippen molar-refractivity contribution in [2.24, 2.45) is 5.11 Å². The highest BCUT2D eigenvalue weighted by molar-refractivity contribution is 5.66. The van der Waals surface area contributed by atoms with E-state index in [2.05, 4.69) is 21.8 Å². The number of hydrogen-bond donors (Lipinski definition) is 1. The van der Waals surface area contributed by atoms with Crippen LogP contribution in [-0.4, -0.2) is 161 Å². The van der Waals surface area contributed by atoms with E-state index in [0.717, 1.165) is 32.7 Å². The monoisotopic (exact) mass is 596 g/mol. The number of carbonyl (C=O) groups is 1. The Kier molecular flexibility index (Phi) is 33.2. The van der Waals surface area contributed by atoms with Gasteiger partial charge < -0.3 is 47.7 Å². The number of azide groups is 1. The second kappa shape index (κ2) is 34.6. The molecule has 15 heteroatoms. The van der Waals surface area contributed by atoms with Crippen LogP contribution in [0.1, 0.15) is 19.8 Å². The molecule has 0 atom stereocenters. The molecule has 0 spiro atoms. The molecule has 41 heavy (non-hydrogen) atoms. The smallest absolute Gasteiger partial charge is 0.305 e. The van der Waals surface area contributed by atoms with E-state index in [1.807, 2.05) is 0 Å². The summed E-state index contributed by atoms with van der Waals surface area (Å²) in [5.41, 5.74) is 8.20. The minimum atomic E-state index is -0.878. The summed E-state index contributed by atoms with van der Waals surface area (Å²) >= 11 is 0. The molecule has 0 saturated heterocycles. The average molecular weight is 597 g/mol. The Labute approximate surface area is 244 Å². The molecular formula is C26H52N4O11. The van der Waals surface area contributed by atoms with E-state index < -0.39 is 5.97 Å². The SMILES string of the molecule is CCCOCCOCCOCCN(CCOCCOCCOCCN=[N+]=[N-])CCOCCOCCOCCC(=O)O. The van der Waals surface area contributed by atoms with E-state index in [9.17, 15) is 4.79 Å². The van der Waals surface area contributed by atoms with E-state index in [-0.39, 0.29) is 13.0 Å². The third kappa shape index (κ3) is 34.5. The van der Waals surface area contributed by atoms with Gasteiger partial charge in [-0.25, -0.2) is 0 Å². The summed E-state index contributed by atoms with van der Waals surface area (Å²) in [5, 5.41) is 12.0. The number of ether oxygens (including phenoxy) is 9. The van der Waals surface area contributed by atoms with E-state index in [4.69, 9.17) is 53.3 Å². The number of carboxylic acids is 1. The molecule has 0 bridgehead atoms. The van der Waals surface area contributed by atoms with Crippen molar-refractivity contribution in [2.75, 3.05) is 145 Å². The Morgan fingerprint density at radius 1 is 0.585 bits per heavy atom. The van der Waals surface area contributed by atoms with Crippen LogP contribution in [0.25, 0.3) is 10.4 Å². The van der Waals surface area contributed by atoms with Gasteiger partial charge in [-0.2, -0.15) is 0 Å². The Bertz CT molecular complexity index is 578. The van der Waals surface area contributed by atoms with Crippen LogP contribution in [0.2, 0.25) is 0 Å². The zero-order valence-electron chi connectivity index (χ0n) is 24.8. The predicted molar refractivity (Wildman–Crippen MR) is 150 cm³/mol. The molecular weight excluding hydrogens is 544 g/mol. The average Bonchev–Trinajstić information content (AvgIpc) is 2.96. The lowest BCUT2D eigenvalue weighted by Crippen LogP contribution is -2.34. The number of hydrogen-bond acceptors (Lipinski definition) is 12. The second-order valence-electron chi connectivity index (χ2n) is 8.45. The molecule has 242 valence electrons. The quantitative estimate of drug-likeness (QED) is 0.0486. The molecule has 0 aliphatic carbocycles. The lowest BCUT2D eigenvalue weighted by atomic mass is 10.4. The van der Waals surface area contributed by atoms with Crippen LogP contribution < -0.4 is 0 Å². The van der Waals surface area contributed by atoms with E-state index in [0.29, 0.717) is 112 Å². The molecule has 0 aliphatic rings. The first-order valence-electron chi connectivity index (χ1n) is 14.3. The van der Waals surface area contributed by atoms with Gasteiger partial charge in [0.25, 0.3) is 0 Å². The molecule has 0 aromatic heterocycles. The Balaban J connectivity index is 3.92. The van der Waals surface area contributed by atoms with Crippen molar-refractivity contribution in [3.63, 3.8) is 0 Å². The largest absolute Gasteiger partial charge is 0.481 e. The zero-order valence-corrected chi connectivity index (χ0v) is 24.8. The van der Waals surface area contributed by atoms with Gasteiger partial charge in [0, 0.05) is 37.7 Å². The molecule has 0 radical (unpaired) electrons. The minimum Gasteiger partial charge on any atom is -0.481 e. The Morgan fingerprint density at radius 3 is 1.29 bits per heavy atom. The second-order valence-corrected chi connectivity index (χ2v) is 8.45.